The molecule has 0 saturated carbocycles. The molecule has 0 aliphatic carbocycles. The molecule has 0 unspecified atom stereocenters. The summed E-state index contributed by atoms with van der Waals surface area (Å²) in [5.41, 5.74) is 0. The van der Waals surface area contributed by atoms with Gasteiger partial charge in [-0.1, -0.05) is 0 Å². The summed E-state index contributed by atoms with van der Waals surface area (Å²) in [7, 11) is -4.09. The van der Waals surface area contributed by atoms with Gasteiger partial charge in [0, 0.05) is 11.0 Å². The second-order valence-electron chi connectivity index (χ2n) is 5.20. The van der Waals surface area contributed by atoms with Crippen LogP contribution in [-0.2, 0) is 14.8 Å². The van der Waals surface area contributed by atoms with Crippen molar-refractivity contribution < 1.29 is 31.5 Å². The van der Waals surface area contributed by atoms with E-state index in [1.165, 1.54) is 24.3 Å². The maximum absolute atomic E-state index is 13.1. The van der Waals surface area contributed by atoms with E-state index in [0.29, 0.717) is 23.9 Å². The van der Waals surface area contributed by atoms with Crippen molar-refractivity contribution in [2.45, 2.75) is 9.79 Å². The fraction of sp³-hybridized carbons (Fsp3) is 0.188. The number of carbonyl (C=O) groups is 1. The van der Waals surface area contributed by atoms with Gasteiger partial charge in [-0.05, 0) is 30.3 Å². The van der Waals surface area contributed by atoms with Crippen LogP contribution in [0.2, 0.25) is 0 Å². The van der Waals surface area contributed by atoms with Gasteiger partial charge < -0.3 is 9.47 Å². The predicted octanol–water partition coefficient (Wildman–Crippen LogP) is 2.33. The van der Waals surface area contributed by atoms with Crippen LogP contribution < -0.4 is 14.2 Å². The van der Waals surface area contributed by atoms with Gasteiger partial charge in [0.05, 0.1) is 10.6 Å². The van der Waals surface area contributed by atoms with Crippen LogP contribution in [0.4, 0.5) is 8.78 Å². The van der Waals surface area contributed by atoms with Crippen LogP contribution in [0.1, 0.15) is 0 Å². The molecule has 10 heteroatoms. The minimum atomic E-state index is -4.09. The summed E-state index contributed by atoms with van der Waals surface area (Å²) in [6.07, 6.45) is 0. The van der Waals surface area contributed by atoms with E-state index in [9.17, 15) is 22.0 Å². The van der Waals surface area contributed by atoms with E-state index >= 15 is 0 Å². The molecule has 138 valence electrons. The molecule has 2 aromatic rings. The lowest BCUT2D eigenvalue weighted by Crippen LogP contribution is -2.32. The molecule has 6 nitrogen and oxygen atoms in total. The molecule has 1 aliphatic heterocycles. The number of amides is 1. The largest absolute Gasteiger partial charge is 0.486 e. The highest BCUT2D eigenvalue weighted by atomic mass is 32.2. The number of halogens is 2. The third-order valence-electron chi connectivity index (χ3n) is 3.33. The Morgan fingerprint density at radius 3 is 2.50 bits per heavy atom. The minimum absolute atomic E-state index is 0.145. The Morgan fingerprint density at radius 1 is 1.04 bits per heavy atom. The van der Waals surface area contributed by atoms with Crippen molar-refractivity contribution in [3.05, 3.63) is 48.0 Å². The van der Waals surface area contributed by atoms with Crippen LogP contribution in [0, 0.1) is 11.6 Å². The molecule has 0 radical (unpaired) electrons. The van der Waals surface area contributed by atoms with Gasteiger partial charge in [0.1, 0.15) is 13.2 Å². The Kier molecular flexibility index (Phi) is 5.33. The van der Waals surface area contributed by atoms with Crippen molar-refractivity contribution in [1.29, 1.82) is 0 Å². The zero-order chi connectivity index (χ0) is 18.7. The Bertz CT molecular complexity index is 950. The first-order valence-electron chi connectivity index (χ1n) is 7.38. The van der Waals surface area contributed by atoms with Gasteiger partial charge in [0.25, 0.3) is 10.0 Å². The van der Waals surface area contributed by atoms with Gasteiger partial charge in [-0.25, -0.2) is 21.9 Å². The smallest absolute Gasteiger partial charge is 0.264 e. The molecule has 1 heterocycles. The normalized spacial score (nSPS) is 13.3. The first-order valence-corrected chi connectivity index (χ1v) is 9.85. The number of rotatable bonds is 5. The van der Waals surface area contributed by atoms with Gasteiger partial charge in [0.15, 0.2) is 23.1 Å². The molecular formula is C16H13F2NO5S2. The summed E-state index contributed by atoms with van der Waals surface area (Å²) in [6.45, 7) is 0.671. The van der Waals surface area contributed by atoms with Gasteiger partial charge >= 0.3 is 0 Å². The molecule has 26 heavy (non-hydrogen) atoms. The summed E-state index contributed by atoms with van der Waals surface area (Å²) >= 11 is 0.882. The number of hydrogen-bond donors (Lipinski definition) is 1. The van der Waals surface area contributed by atoms with Gasteiger partial charge in [-0.3, -0.25) is 4.79 Å². The van der Waals surface area contributed by atoms with E-state index in [2.05, 4.69) is 0 Å². The number of sulfonamides is 1. The highest BCUT2D eigenvalue weighted by Crippen LogP contribution is 2.32. The first kappa shape index (κ1) is 18.5. The number of carbonyl (C=O) groups excluding carboxylic acids is 1. The summed E-state index contributed by atoms with van der Waals surface area (Å²) in [5, 5.41) is 0. The summed E-state index contributed by atoms with van der Waals surface area (Å²) in [6, 6.07) is 7.18. The van der Waals surface area contributed by atoms with Gasteiger partial charge in [0.2, 0.25) is 5.91 Å². The van der Waals surface area contributed by atoms with Crippen LogP contribution in [-0.4, -0.2) is 33.3 Å². The highest BCUT2D eigenvalue weighted by Gasteiger charge is 2.21. The molecular weight excluding hydrogens is 388 g/mol. The average molecular weight is 401 g/mol. The summed E-state index contributed by atoms with van der Waals surface area (Å²) < 4.78 is 63.1. The molecule has 0 spiro atoms. The van der Waals surface area contributed by atoms with E-state index in [1.807, 2.05) is 4.72 Å². The topological polar surface area (TPSA) is 81.7 Å². The molecule has 0 bridgehead atoms. The minimum Gasteiger partial charge on any atom is -0.486 e. The summed E-state index contributed by atoms with van der Waals surface area (Å²) in [5.74, 6) is -2.42. The molecule has 2 aromatic carbocycles. The lowest BCUT2D eigenvalue weighted by atomic mass is 10.3. The van der Waals surface area contributed by atoms with Crippen LogP contribution in [0.3, 0.4) is 0 Å². The van der Waals surface area contributed by atoms with Crippen molar-refractivity contribution in [3.63, 3.8) is 0 Å². The monoisotopic (exact) mass is 401 g/mol. The third-order valence-corrected chi connectivity index (χ3v) is 5.70. The van der Waals surface area contributed by atoms with Gasteiger partial charge in [-0.2, -0.15) is 0 Å². The number of nitrogens with one attached hydrogen (secondary N) is 1. The average Bonchev–Trinajstić information content (AvgIpc) is 2.62. The van der Waals surface area contributed by atoms with E-state index in [1.54, 1.807) is 0 Å². The Balaban J connectivity index is 1.65. The van der Waals surface area contributed by atoms with Crippen LogP contribution in [0.5, 0.6) is 11.5 Å². The van der Waals surface area contributed by atoms with Crippen LogP contribution >= 0.6 is 11.8 Å². The molecule has 1 N–H and O–H groups in total. The number of thioether (sulfide) groups is 1. The molecule has 0 atom stereocenters. The van der Waals surface area contributed by atoms with Crippen molar-refractivity contribution >= 4 is 27.7 Å². The summed E-state index contributed by atoms with van der Waals surface area (Å²) in [4.78, 5) is 12.1. The maximum atomic E-state index is 13.1. The number of ether oxygens (including phenoxy) is 2. The molecule has 3 rings (SSSR count). The molecule has 1 amide bonds. The SMILES string of the molecule is O=C(CSc1ccc(F)c(F)c1)NS(=O)(=O)c1ccc2c(c1)OCCO2. The molecule has 0 saturated heterocycles. The van der Waals surface area contributed by atoms with Crippen LogP contribution in [0.25, 0.3) is 0 Å². The van der Waals surface area contributed by atoms with Crippen molar-refractivity contribution in [3.8, 4) is 11.5 Å². The zero-order valence-corrected chi connectivity index (χ0v) is 14.8. The van der Waals surface area contributed by atoms with Gasteiger partial charge in [-0.15, -0.1) is 11.8 Å². The predicted molar refractivity (Wildman–Crippen MR) is 89.8 cm³/mol. The van der Waals surface area contributed by atoms with E-state index in [0.717, 1.165) is 23.9 Å². The number of benzene rings is 2. The third kappa shape index (κ3) is 4.25. The fourth-order valence-electron chi connectivity index (χ4n) is 2.14. The lowest BCUT2D eigenvalue weighted by molar-refractivity contribution is -0.116. The number of hydrogen-bond acceptors (Lipinski definition) is 6. The highest BCUT2D eigenvalue weighted by molar-refractivity contribution is 8.00. The maximum Gasteiger partial charge on any atom is 0.264 e. The van der Waals surface area contributed by atoms with E-state index in [-0.39, 0.29) is 16.4 Å². The molecule has 0 aromatic heterocycles. The standard InChI is InChI=1S/C16H13F2NO5S2/c17-12-3-1-10(7-13(12)18)25-9-16(20)19-26(21,22)11-2-4-14-15(8-11)24-6-5-23-14/h1-4,7-8H,5-6,9H2,(H,19,20). The Labute approximate surface area is 152 Å². The quantitative estimate of drug-likeness (QED) is 0.775. The number of fused-ring (bicyclic) bond motifs is 1. The van der Waals surface area contributed by atoms with E-state index in [4.69, 9.17) is 9.47 Å². The van der Waals surface area contributed by atoms with Crippen molar-refractivity contribution in [2.75, 3.05) is 19.0 Å². The second kappa shape index (κ2) is 7.50. The van der Waals surface area contributed by atoms with Crippen LogP contribution in [0.15, 0.2) is 46.2 Å². The van der Waals surface area contributed by atoms with Crippen molar-refractivity contribution in [2.24, 2.45) is 0 Å². The zero-order valence-electron chi connectivity index (χ0n) is 13.2. The Morgan fingerprint density at radius 2 is 1.77 bits per heavy atom. The molecule has 1 aliphatic rings. The second-order valence-corrected chi connectivity index (χ2v) is 7.93. The first-order chi connectivity index (χ1) is 12.3. The Hall–Kier alpha value is -2.33. The molecule has 0 fully saturated rings. The van der Waals surface area contributed by atoms with E-state index < -0.39 is 27.6 Å². The lowest BCUT2D eigenvalue weighted by Gasteiger charge is -2.18. The fourth-order valence-corrected chi connectivity index (χ4v) is 3.96. The van der Waals surface area contributed by atoms with Crippen molar-refractivity contribution in [1.82, 2.24) is 4.72 Å².